The Morgan fingerprint density at radius 3 is 2.35 bits per heavy atom. The topological polar surface area (TPSA) is 42.2 Å². The van der Waals surface area contributed by atoms with Crippen molar-refractivity contribution in [3.63, 3.8) is 0 Å². The molecule has 0 bridgehead atoms. The van der Waals surface area contributed by atoms with Gasteiger partial charge in [-0.25, -0.2) is 0 Å². The summed E-state index contributed by atoms with van der Waals surface area (Å²) in [5.41, 5.74) is 0. The molecule has 1 aromatic rings. The van der Waals surface area contributed by atoms with Gasteiger partial charge in [0.15, 0.2) is 5.76 Å². The Bertz CT molecular complexity index is 376. The molecule has 0 aliphatic carbocycles. The number of halogens is 1. The highest BCUT2D eigenvalue weighted by molar-refractivity contribution is 6.16. The van der Waals surface area contributed by atoms with Crippen LogP contribution >= 0.6 is 11.6 Å². The minimum atomic E-state index is -0.149. The van der Waals surface area contributed by atoms with Gasteiger partial charge in [0.05, 0.1) is 5.88 Å². The van der Waals surface area contributed by atoms with Crippen LogP contribution in [0.1, 0.15) is 74.6 Å². The number of rotatable bonds is 11. The first kappa shape index (κ1) is 17.1. The lowest BCUT2D eigenvalue weighted by Gasteiger charge is -2.03. The summed E-state index contributed by atoms with van der Waals surface area (Å²) in [6.45, 7) is 2.95. The quantitative estimate of drug-likeness (QED) is 0.467. The maximum absolute atomic E-state index is 11.7. The number of hydrogen-bond acceptors (Lipinski definition) is 2. The summed E-state index contributed by atoms with van der Waals surface area (Å²) in [7, 11) is 0. The first-order valence-corrected chi connectivity index (χ1v) is 8.24. The molecular formula is C16H26ClNO2. The normalized spacial score (nSPS) is 10.7. The van der Waals surface area contributed by atoms with Crippen molar-refractivity contribution in [1.29, 1.82) is 0 Å². The number of unbranched alkanes of at least 4 members (excludes halogenated alkanes) is 7. The van der Waals surface area contributed by atoms with Crippen LogP contribution in [0.3, 0.4) is 0 Å². The van der Waals surface area contributed by atoms with Crippen LogP contribution in [0.5, 0.6) is 0 Å². The molecule has 1 heterocycles. The van der Waals surface area contributed by atoms with E-state index in [0.29, 0.717) is 23.9 Å². The number of carbonyl (C=O) groups is 1. The molecule has 0 fully saturated rings. The summed E-state index contributed by atoms with van der Waals surface area (Å²) in [4.78, 5) is 11.7. The minimum Gasteiger partial charge on any atom is -0.455 e. The van der Waals surface area contributed by atoms with Gasteiger partial charge < -0.3 is 9.73 Å². The van der Waals surface area contributed by atoms with Crippen LogP contribution in [0.2, 0.25) is 0 Å². The van der Waals surface area contributed by atoms with Crippen molar-refractivity contribution in [3.05, 3.63) is 23.7 Å². The van der Waals surface area contributed by atoms with Crippen LogP contribution < -0.4 is 5.32 Å². The first-order valence-electron chi connectivity index (χ1n) is 7.70. The highest BCUT2D eigenvalue weighted by Crippen LogP contribution is 2.10. The number of nitrogens with one attached hydrogen (secondary N) is 1. The molecule has 0 atom stereocenters. The van der Waals surface area contributed by atoms with Gasteiger partial charge in [0.1, 0.15) is 5.76 Å². The number of amides is 1. The second-order valence-electron chi connectivity index (χ2n) is 5.13. The highest BCUT2D eigenvalue weighted by Gasteiger charge is 2.09. The lowest BCUT2D eigenvalue weighted by molar-refractivity contribution is 0.0924. The first-order chi connectivity index (χ1) is 9.77. The van der Waals surface area contributed by atoms with E-state index in [9.17, 15) is 4.79 Å². The van der Waals surface area contributed by atoms with Gasteiger partial charge in [0.2, 0.25) is 0 Å². The van der Waals surface area contributed by atoms with Gasteiger partial charge in [0.25, 0.3) is 5.91 Å². The third-order valence-electron chi connectivity index (χ3n) is 3.33. The summed E-state index contributed by atoms with van der Waals surface area (Å²) in [6, 6.07) is 3.40. The predicted octanol–water partition coefficient (Wildman–Crippen LogP) is 4.89. The Morgan fingerprint density at radius 2 is 1.75 bits per heavy atom. The molecule has 20 heavy (non-hydrogen) atoms. The molecule has 0 aliphatic heterocycles. The summed E-state index contributed by atoms with van der Waals surface area (Å²) < 4.78 is 5.28. The van der Waals surface area contributed by atoms with Gasteiger partial charge >= 0.3 is 0 Å². The Kier molecular flexibility index (Phi) is 9.22. The molecule has 0 saturated heterocycles. The van der Waals surface area contributed by atoms with Gasteiger partial charge in [0, 0.05) is 6.54 Å². The second-order valence-corrected chi connectivity index (χ2v) is 5.40. The average molecular weight is 300 g/mol. The summed E-state index contributed by atoms with van der Waals surface area (Å²) in [5, 5.41) is 2.87. The number of hydrogen-bond donors (Lipinski definition) is 1. The van der Waals surface area contributed by atoms with Crippen molar-refractivity contribution in [2.24, 2.45) is 0 Å². The van der Waals surface area contributed by atoms with Crippen LogP contribution in [0.25, 0.3) is 0 Å². The molecule has 0 radical (unpaired) electrons. The molecule has 1 rings (SSSR count). The van der Waals surface area contributed by atoms with E-state index in [-0.39, 0.29) is 5.91 Å². The van der Waals surface area contributed by atoms with Crippen LogP contribution in [0.4, 0.5) is 0 Å². The van der Waals surface area contributed by atoms with Crippen molar-refractivity contribution in [1.82, 2.24) is 5.32 Å². The van der Waals surface area contributed by atoms with Crippen molar-refractivity contribution in [2.75, 3.05) is 6.54 Å². The van der Waals surface area contributed by atoms with E-state index in [1.165, 1.54) is 44.9 Å². The maximum Gasteiger partial charge on any atom is 0.286 e. The summed E-state index contributed by atoms with van der Waals surface area (Å²) in [5.74, 6) is 1.12. The van der Waals surface area contributed by atoms with Gasteiger partial charge in [-0.2, -0.15) is 0 Å². The van der Waals surface area contributed by atoms with E-state index in [1.807, 2.05) is 0 Å². The maximum atomic E-state index is 11.7. The second kappa shape index (κ2) is 10.8. The molecule has 1 aromatic heterocycles. The Morgan fingerprint density at radius 1 is 1.10 bits per heavy atom. The third-order valence-corrected chi connectivity index (χ3v) is 3.60. The standard InChI is InChI=1S/C16H26ClNO2/c1-2-3-4-5-6-7-8-9-12-18-16(19)15-11-10-14(13-17)20-15/h10-11H,2-9,12-13H2,1H3,(H,18,19). The van der Waals surface area contributed by atoms with Crippen LogP contribution in [-0.4, -0.2) is 12.5 Å². The smallest absolute Gasteiger partial charge is 0.286 e. The lowest BCUT2D eigenvalue weighted by Crippen LogP contribution is -2.23. The molecule has 1 amide bonds. The monoisotopic (exact) mass is 299 g/mol. The Labute approximate surface area is 127 Å². The average Bonchev–Trinajstić information content (AvgIpc) is 2.94. The zero-order valence-corrected chi connectivity index (χ0v) is 13.2. The minimum absolute atomic E-state index is 0.149. The fourth-order valence-electron chi connectivity index (χ4n) is 2.12. The molecule has 0 spiro atoms. The van der Waals surface area contributed by atoms with Crippen molar-refractivity contribution >= 4 is 17.5 Å². The van der Waals surface area contributed by atoms with Crippen LogP contribution in [0, 0.1) is 0 Å². The van der Waals surface area contributed by atoms with Crippen molar-refractivity contribution < 1.29 is 9.21 Å². The molecule has 4 heteroatoms. The highest BCUT2D eigenvalue weighted by atomic mass is 35.5. The van der Waals surface area contributed by atoms with E-state index in [4.69, 9.17) is 16.0 Å². The predicted molar refractivity (Wildman–Crippen MR) is 83.2 cm³/mol. The number of alkyl halides is 1. The van der Waals surface area contributed by atoms with Crippen LogP contribution in [0.15, 0.2) is 16.5 Å². The Balaban J connectivity index is 1.99. The fourth-order valence-corrected chi connectivity index (χ4v) is 2.26. The molecule has 0 aromatic carbocycles. The fraction of sp³-hybridized carbons (Fsp3) is 0.688. The van der Waals surface area contributed by atoms with E-state index in [0.717, 1.165) is 6.42 Å². The zero-order valence-electron chi connectivity index (χ0n) is 12.4. The molecule has 0 unspecified atom stereocenters. The number of furan rings is 1. The third kappa shape index (κ3) is 6.99. The van der Waals surface area contributed by atoms with Crippen molar-refractivity contribution in [2.45, 2.75) is 64.2 Å². The van der Waals surface area contributed by atoms with E-state index in [2.05, 4.69) is 12.2 Å². The van der Waals surface area contributed by atoms with Gasteiger partial charge in [-0.05, 0) is 18.6 Å². The Hall–Kier alpha value is -0.960. The molecule has 1 N–H and O–H groups in total. The van der Waals surface area contributed by atoms with Gasteiger partial charge in [-0.15, -0.1) is 11.6 Å². The zero-order chi connectivity index (χ0) is 14.6. The van der Waals surface area contributed by atoms with E-state index < -0.39 is 0 Å². The molecule has 3 nitrogen and oxygen atoms in total. The largest absolute Gasteiger partial charge is 0.455 e. The summed E-state index contributed by atoms with van der Waals surface area (Å²) >= 11 is 5.63. The molecule has 0 saturated carbocycles. The van der Waals surface area contributed by atoms with E-state index >= 15 is 0 Å². The van der Waals surface area contributed by atoms with Crippen molar-refractivity contribution in [3.8, 4) is 0 Å². The molecule has 0 aliphatic rings. The van der Waals surface area contributed by atoms with Gasteiger partial charge in [-0.3, -0.25) is 4.79 Å². The van der Waals surface area contributed by atoms with Crippen LogP contribution in [-0.2, 0) is 5.88 Å². The van der Waals surface area contributed by atoms with Gasteiger partial charge in [-0.1, -0.05) is 51.9 Å². The molecular weight excluding hydrogens is 274 g/mol. The summed E-state index contributed by atoms with van der Waals surface area (Å²) in [6.07, 6.45) is 10.1. The molecule has 114 valence electrons. The SMILES string of the molecule is CCCCCCCCCCNC(=O)c1ccc(CCl)o1. The lowest BCUT2D eigenvalue weighted by atomic mass is 10.1. The van der Waals surface area contributed by atoms with E-state index in [1.54, 1.807) is 12.1 Å². The number of carbonyl (C=O) groups excluding carboxylic acids is 1.